The molecular weight excluding hydrogens is 228 g/mol. The van der Waals surface area contributed by atoms with Crippen molar-refractivity contribution in [2.75, 3.05) is 25.9 Å². The van der Waals surface area contributed by atoms with E-state index in [1.807, 2.05) is 6.92 Å². The number of hydrogen-bond acceptors (Lipinski definition) is 3. The summed E-state index contributed by atoms with van der Waals surface area (Å²) >= 11 is 0. The molecule has 0 spiro atoms. The lowest BCUT2D eigenvalue weighted by atomic mass is 10.1. The van der Waals surface area contributed by atoms with E-state index in [2.05, 4.69) is 13.8 Å². The van der Waals surface area contributed by atoms with Crippen molar-refractivity contribution in [3.63, 3.8) is 0 Å². The fourth-order valence-electron chi connectivity index (χ4n) is 1.85. The molecule has 0 heterocycles. The van der Waals surface area contributed by atoms with Gasteiger partial charge < -0.3 is 15.4 Å². The van der Waals surface area contributed by atoms with E-state index < -0.39 is 0 Å². The van der Waals surface area contributed by atoms with Crippen molar-refractivity contribution in [1.82, 2.24) is 4.90 Å². The Balaban J connectivity index is 2.91. The number of ether oxygens (including phenoxy) is 1. The lowest BCUT2D eigenvalue weighted by Crippen LogP contribution is -2.30. The number of amides is 1. The minimum atomic E-state index is -0.0306. The molecule has 2 N–H and O–H groups in total. The minimum absolute atomic E-state index is 0.0306. The average molecular weight is 250 g/mol. The topological polar surface area (TPSA) is 55.6 Å². The lowest BCUT2D eigenvalue weighted by molar-refractivity contribution is 0.0778. The Kier molecular flexibility index (Phi) is 5.01. The summed E-state index contributed by atoms with van der Waals surface area (Å²) in [4.78, 5) is 13.9. The van der Waals surface area contributed by atoms with Gasteiger partial charge in [-0.1, -0.05) is 13.8 Å². The van der Waals surface area contributed by atoms with Crippen molar-refractivity contribution in [2.45, 2.75) is 20.8 Å². The molecule has 1 rings (SSSR count). The van der Waals surface area contributed by atoms with Crippen LogP contribution in [0.2, 0.25) is 0 Å². The highest BCUT2D eigenvalue weighted by Crippen LogP contribution is 2.20. The molecule has 4 nitrogen and oxygen atoms in total. The average Bonchev–Trinajstić information content (AvgIpc) is 2.26. The summed E-state index contributed by atoms with van der Waals surface area (Å²) in [5.74, 6) is 1.04. The van der Waals surface area contributed by atoms with E-state index in [9.17, 15) is 4.79 Å². The number of hydrogen-bond donors (Lipinski definition) is 1. The first kappa shape index (κ1) is 14.4. The third-order valence-electron chi connectivity index (χ3n) is 2.47. The molecule has 0 aliphatic carbocycles. The highest BCUT2D eigenvalue weighted by atomic mass is 16.5. The zero-order chi connectivity index (χ0) is 13.7. The van der Waals surface area contributed by atoms with Crippen LogP contribution < -0.4 is 10.5 Å². The Morgan fingerprint density at radius 2 is 2.06 bits per heavy atom. The van der Waals surface area contributed by atoms with Crippen LogP contribution in [-0.2, 0) is 0 Å². The molecule has 0 saturated heterocycles. The molecule has 1 aromatic rings. The fraction of sp³-hybridized carbons (Fsp3) is 0.500. The predicted molar refractivity (Wildman–Crippen MR) is 73.8 cm³/mol. The molecule has 0 bridgehead atoms. The molecule has 0 unspecified atom stereocenters. The fourth-order valence-corrected chi connectivity index (χ4v) is 1.85. The van der Waals surface area contributed by atoms with Gasteiger partial charge in [0.15, 0.2) is 0 Å². The number of rotatable bonds is 5. The molecule has 18 heavy (non-hydrogen) atoms. The van der Waals surface area contributed by atoms with Crippen molar-refractivity contribution in [1.29, 1.82) is 0 Å². The van der Waals surface area contributed by atoms with Crippen LogP contribution in [-0.4, -0.2) is 31.0 Å². The molecule has 1 aromatic carbocycles. The second-order valence-corrected chi connectivity index (χ2v) is 4.80. The Morgan fingerprint density at radius 1 is 1.39 bits per heavy atom. The summed E-state index contributed by atoms with van der Waals surface area (Å²) < 4.78 is 5.39. The minimum Gasteiger partial charge on any atom is -0.494 e. The Bertz CT molecular complexity index is 416. The number of nitrogen functional groups attached to an aromatic ring is 1. The van der Waals surface area contributed by atoms with Gasteiger partial charge >= 0.3 is 0 Å². The van der Waals surface area contributed by atoms with E-state index in [1.165, 1.54) is 0 Å². The highest BCUT2D eigenvalue weighted by molar-refractivity contribution is 5.95. The van der Waals surface area contributed by atoms with Gasteiger partial charge in [-0.05, 0) is 25.0 Å². The number of anilines is 1. The highest BCUT2D eigenvalue weighted by Gasteiger charge is 2.14. The molecule has 0 radical (unpaired) electrons. The molecule has 0 saturated carbocycles. The first-order chi connectivity index (χ1) is 8.43. The van der Waals surface area contributed by atoms with Gasteiger partial charge in [0.25, 0.3) is 5.91 Å². The van der Waals surface area contributed by atoms with Crippen LogP contribution in [0.25, 0.3) is 0 Å². The molecular formula is C14H22N2O2. The van der Waals surface area contributed by atoms with E-state index >= 15 is 0 Å². The Morgan fingerprint density at radius 3 is 2.61 bits per heavy atom. The summed E-state index contributed by atoms with van der Waals surface area (Å²) in [6.07, 6.45) is 0. The number of carbonyl (C=O) groups is 1. The standard InChI is InChI=1S/C14H22N2O2/c1-5-18-13-7-11(6-12(15)8-13)14(17)16(4)9-10(2)3/h6-8,10H,5,9,15H2,1-4H3. The lowest BCUT2D eigenvalue weighted by Gasteiger charge is -2.20. The van der Waals surface area contributed by atoms with Gasteiger partial charge in [0.2, 0.25) is 0 Å². The molecule has 0 aliphatic rings. The van der Waals surface area contributed by atoms with Crippen LogP contribution in [0.4, 0.5) is 5.69 Å². The Labute approximate surface area is 109 Å². The zero-order valence-electron chi connectivity index (χ0n) is 11.6. The maximum atomic E-state index is 12.2. The number of nitrogens with zero attached hydrogens (tertiary/aromatic N) is 1. The second kappa shape index (κ2) is 6.28. The van der Waals surface area contributed by atoms with Gasteiger partial charge in [0, 0.05) is 30.9 Å². The first-order valence-corrected chi connectivity index (χ1v) is 6.22. The predicted octanol–water partition coefficient (Wildman–Crippen LogP) is 2.40. The van der Waals surface area contributed by atoms with Crippen molar-refractivity contribution in [3.8, 4) is 5.75 Å². The molecule has 4 heteroatoms. The number of nitrogens with two attached hydrogens (primary N) is 1. The van der Waals surface area contributed by atoms with Crippen molar-refractivity contribution < 1.29 is 9.53 Å². The third kappa shape index (κ3) is 3.95. The molecule has 0 aromatic heterocycles. The molecule has 0 atom stereocenters. The van der Waals surface area contributed by atoms with Crippen molar-refractivity contribution >= 4 is 11.6 Å². The van der Waals surface area contributed by atoms with E-state index in [0.29, 0.717) is 29.5 Å². The van der Waals surface area contributed by atoms with E-state index in [-0.39, 0.29) is 5.91 Å². The van der Waals surface area contributed by atoms with E-state index in [1.54, 1.807) is 30.1 Å². The molecule has 100 valence electrons. The SMILES string of the molecule is CCOc1cc(N)cc(C(=O)N(C)CC(C)C)c1. The van der Waals surface area contributed by atoms with Gasteiger partial charge in [-0.3, -0.25) is 4.79 Å². The monoisotopic (exact) mass is 250 g/mol. The van der Waals surface area contributed by atoms with Gasteiger partial charge in [-0.2, -0.15) is 0 Å². The van der Waals surface area contributed by atoms with Crippen LogP contribution in [0, 0.1) is 5.92 Å². The van der Waals surface area contributed by atoms with Crippen LogP contribution in [0.15, 0.2) is 18.2 Å². The maximum absolute atomic E-state index is 12.2. The largest absolute Gasteiger partial charge is 0.494 e. The number of carbonyl (C=O) groups excluding carboxylic acids is 1. The summed E-state index contributed by atoms with van der Waals surface area (Å²) in [7, 11) is 1.80. The summed E-state index contributed by atoms with van der Waals surface area (Å²) in [5, 5.41) is 0. The first-order valence-electron chi connectivity index (χ1n) is 6.22. The summed E-state index contributed by atoms with van der Waals surface area (Å²) in [6.45, 7) is 7.33. The van der Waals surface area contributed by atoms with Crippen molar-refractivity contribution in [2.24, 2.45) is 5.92 Å². The van der Waals surface area contributed by atoms with Crippen molar-refractivity contribution in [3.05, 3.63) is 23.8 Å². The quantitative estimate of drug-likeness (QED) is 0.816. The van der Waals surface area contributed by atoms with Crippen LogP contribution in [0.1, 0.15) is 31.1 Å². The molecule has 0 fully saturated rings. The van der Waals surface area contributed by atoms with E-state index in [4.69, 9.17) is 10.5 Å². The normalized spacial score (nSPS) is 10.5. The van der Waals surface area contributed by atoms with Crippen LogP contribution in [0.3, 0.4) is 0 Å². The summed E-state index contributed by atoms with van der Waals surface area (Å²) in [5.41, 5.74) is 6.89. The Hall–Kier alpha value is -1.71. The molecule has 1 amide bonds. The van der Waals surface area contributed by atoms with E-state index in [0.717, 1.165) is 6.54 Å². The van der Waals surface area contributed by atoms with Gasteiger partial charge in [0.05, 0.1) is 6.61 Å². The van der Waals surface area contributed by atoms with Crippen LogP contribution >= 0.6 is 0 Å². The maximum Gasteiger partial charge on any atom is 0.253 e. The second-order valence-electron chi connectivity index (χ2n) is 4.80. The third-order valence-corrected chi connectivity index (χ3v) is 2.47. The zero-order valence-corrected chi connectivity index (χ0v) is 11.6. The smallest absolute Gasteiger partial charge is 0.253 e. The van der Waals surface area contributed by atoms with Gasteiger partial charge in [-0.25, -0.2) is 0 Å². The van der Waals surface area contributed by atoms with Gasteiger partial charge in [0.1, 0.15) is 5.75 Å². The van der Waals surface area contributed by atoms with Crippen LogP contribution in [0.5, 0.6) is 5.75 Å². The number of benzene rings is 1. The van der Waals surface area contributed by atoms with Gasteiger partial charge in [-0.15, -0.1) is 0 Å². The summed E-state index contributed by atoms with van der Waals surface area (Å²) in [6, 6.07) is 5.14. The molecule has 0 aliphatic heterocycles.